The molecule has 0 spiro atoms. The maximum absolute atomic E-state index is 11.7. The zero-order valence-corrected chi connectivity index (χ0v) is 14.7. The van der Waals surface area contributed by atoms with Gasteiger partial charge in [0.15, 0.2) is 0 Å². The van der Waals surface area contributed by atoms with E-state index in [1.54, 1.807) is 11.8 Å². The van der Waals surface area contributed by atoms with Gasteiger partial charge in [0.1, 0.15) is 0 Å². The van der Waals surface area contributed by atoms with Gasteiger partial charge in [-0.1, -0.05) is 51.5 Å². The van der Waals surface area contributed by atoms with Crippen molar-refractivity contribution in [2.45, 2.75) is 69.7 Å². The molecule has 1 aromatic rings. The van der Waals surface area contributed by atoms with Gasteiger partial charge in [0.2, 0.25) is 5.91 Å². The van der Waals surface area contributed by atoms with Crippen molar-refractivity contribution < 1.29 is 4.79 Å². The fourth-order valence-corrected chi connectivity index (χ4v) is 3.05. The van der Waals surface area contributed by atoms with Crippen LogP contribution in [0.4, 0.5) is 0 Å². The van der Waals surface area contributed by atoms with Crippen LogP contribution in [0, 0.1) is 0 Å². The van der Waals surface area contributed by atoms with E-state index in [-0.39, 0.29) is 5.91 Å². The van der Waals surface area contributed by atoms with Crippen molar-refractivity contribution in [1.29, 1.82) is 0 Å². The Bertz CT molecular complexity index is 384. The van der Waals surface area contributed by atoms with Crippen molar-refractivity contribution in [2.75, 3.05) is 12.3 Å². The highest BCUT2D eigenvalue weighted by Gasteiger charge is 2.01. The molecule has 0 saturated carbocycles. The summed E-state index contributed by atoms with van der Waals surface area (Å²) in [5.74, 6) is 1.20. The highest BCUT2D eigenvalue weighted by atomic mass is 32.2. The van der Waals surface area contributed by atoms with Gasteiger partial charge in [-0.2, -0.15) is 0 Å². The second-order valence-corrected chi connectivity index (χ2v) is 6.71. The summed E-state index contributed by atoms with van der Waals surface area (Å²) in [6.45, 7) is 3.01. The average Bonchev–Trinajstić information content (AvgIpc) is 2.54. The molecule has 124 valence electrons. The number of hydrogen-bond donors (Lipinski definition) is 1. The highest BCUT2D eigenvalue weighted by molar-refractivity contribution is 7.99. The lowest BCUT2D eigenvalue weighted by Gasteiger charge is -2.05. The Morgan fingerprint density at radius 1 is 1.09 bits per heavy atom. The number of thioether (sulfide) groups is 1. The number of hydrogen-bond acceptors (Lipinski definition) is 3. The predicted molar refractivity (Wildman–Crippen MR) is 95.2 cm³/mol. The second kappa shape index (κ2) is 13.6. The van der Waals surface area contributed by atoms with E-state index in [1.807, 2.05) is 24.4 Å². The molecule has 0 radical (unpaired) electrons. The van der Waals surface area contributed by atoms with Gasteiger partial charge in [0.25, 0.3) is 0 Å². The lowest BCUT2D eigenvalue weighted by atomic mass is 10.1. The van der Waals surface area contributed by atoms with Crippen molar-refractivity contribution >= 4 is 17.7 Å². The first kappa shape index (κ1) is 19.0. The van der Waals surface area contributed by atoms with Crippen molar-refractivity contribution in [1.82, 2.24) is 10.3 Å². The summed E-state index contributed by atoms with van der Waals surface area (Å²) in [6, 6.07) is 5.94. The Morgan fingerprint density at radius 3 is 2.59 bits per heavy atom. The van der Waals surface area contributed by atoms with Crippen LogP contribution in [0.1, 0.15) is 64.7 Å². The molecule has 4 heteroatoms. The third-order valence-corrected chi connectivity index (χ3v) is 4.57. The molecule has 1 amide bonds. The first-order valence-electron chi connectivity index (χ1n) is 8.63. The van der Waals surface area contributed by atoms with Crippen LogP contribution in [0.25, 0.3) is 0 Å². The summed E-state index contributed by atoms with van der Waals surface area (Å²) in [5.41, 5.74) is 0. The van der Waals surface area contributed by atoms with Gasteiger partial charge in [0, 0.05) is 24.9 Å². The third kappa shape index (κ3) is 10.7. The summed E-state index contributed by atoms with van der Waals surface area (Å²) in [5, 5.41) is 4.06. The highest BCUT2D eigenvalue weighted by Crippen LogP contribution is 2.14. The standard InChI is InChI=1S/C18H30N2OS/c1-2-3-4-5-6-7-8-12-17(21)19-15-11-16-22-18-13-9-10-14-20-18/h9-10,13-14H,2-8,11-12,15-16H2,1H3,(H,19,21). The van der Waals surface area contributed by atoms with Gasteiger partial charge >= 0.3 is 0 Å². The van der Waals surface area contributed by atoms with Crippen molar-refractivity contribution in [3.63, 3.8) is 0 Å². The predicted octanol–water partition coefficient (Wildman–Crippen LogP) is 4.82. The Hall–Kier alpha value is -1.03. The number of nitrogens with zero attached hydrogens (tertiary/aromatic N) is 1. The summed E-state index contributed by atoms with van der Waals surface area (Å²) in [6.07, 6.45) is 12.3. The zero-order valence-electron chi connectivity index (χ0n) is 13.9. The molecule has 1 rings (SSSR count). The molecule has 22 heavy (non-hydrogen) atoms. The zero-order chi connectivity index (χ0) is 15.9. The molecule has 0 aliphatic rings. The van der Waals surface area contributed by atoms with Crippen molar-refractivity contribution in [2.24, 2.45) is 0 Å². The molecule has 0 atom stereocenters. The molecule has 0 unspecified atom stereocenters. The molecular weight excluding hydrogens is 292 g/mol. The number of aromatic nitrogens is 1. The fraction of sp³-hybridized carbons (Fsp3) is 0.667. The fourth-order valence-electron chi connectivity index (χ4n) is 2.24. The van der Waals surface area contributed by atoms with E-state index in [2.05, 4.69) is 17.2 Å². The molecule has 0 fully saturated rings. The van der Waals surface area contributed by atoms with Crippen LogP contribution >= 0.6 is 11.8 Å². The Balaban J connectivity index is 1.87. The van der Waals surface area contributed by atoms with E-state index in [4.69, 9.17) is 0 Å². The average molecular weight is 323 g/mol. The number of carbonyl (C=O) groups excluding carboxylic acids is 1. The molecule has 0 bridgehead atoms. The van der Waals surface area contributed by atoms with E-state index in [9.17, 15) is 4.79 Å². The second-order valence-electron chi connectivity index (χ2n) is 5.59. The number of rotatable bonds is 13. The summed E-state index contributed by atoms with van der Waals surface area (Å²) < 4.78 is 0. The number of carbonyl (C=O) groups is 1. The molecule has 1 N–H and O–H groups in total. The quantitative estimate of drug-likeness (QED) is 0.418. The molecule has 0 aromatic carbocycles. The Kier molecular flexibility index (Phi) is 11.8. The summed E-state index contributed by atoms with van der Waals surface area (Å²) >= 11 is 1.74. The van der Waals surface area contributed by atoms with Crippen LogP contribution in [0.2, 0.25) is 0 Å². The molecule has 0 saturated heterocycles. The van der Waals surface area contributed by atoms with Gasteiger partial charge in [-0.25, -0.2) is 4.98 Å². The largest absolute Gasteiger partial charge is 0.356 e. The normalized spacial score (nSPS) is 10.6. The van der Waals surface area contributed by atoms with Crippen LogP contribution in [0.3, 0.4) is 0 Å². The van der Waals surface area contributed by atoms with E-state index in [0.717, 1.165) is 30.2 Å². The molecule has 0 aliphatic carbocycles. The lowest BCUT2D eigenvalue weighted by Crippen LogP contribution is -2.24. The number of unbranched alkanes of at least 4 members (excludes halogenated alkanes) is 6. The molecule has 1 aromatic heterocycles. The van der Waals surface area contributed by atoms with E-state index in [1.165, 1.54) is 38.5 Å². The number of amides is 1. The molecular formula is C18H30N2OS. The SMILES string of the molecule is CCCCCCCCCC(=O)NCCCSc1ccccn1. The summed E-state index contributed by atoms with van der Waals surface area (Å²) in [7, 11) is 0. The monoisotopic (exact) mass is 322 g/mol. The van der Waals surface area contributed by atoms with Gasteiger partial charge in [-0.15, -0.1) is 11.8 Å². The van der Waals surface area contributed by atoms with E-state index < -0.39 is 0 Å². The van der Waals surface area contributed by atoms with Gasteiger partial charge in [0.05, 0.1) is 5.03 Å². The van der Waals surface area contributed by atoms with Gasteiger partial charge in [-0.05, 0) is 25.0 Å². The number of nitrogens with one attached hydrogen (secondary N) is 1. The minimum Gasteiger partial charge on any atom is -0.356 e. The summed E-state index contributed by atoms with van der Waals surface area (Å²) in [4.78, 5) is 15.9. The first-order chi connectivity index (χ1) is 10.8. The van der Waals surface area contributed by atoms with Crippen LogP contribution in [0.15, 0.2) is 29.4 Å². The first-order valence-corrected chi connectivity index (χ1v) is 9.62. The van der Waals surface area contributed by atoms with Crippen molar-refractivity contribution in [3.05, 3.63) is 24.4 Å². The van der Waals surface area contributed by atoms with E-state index in [0.29, 0.717) is 6.42 Å². The van der Waals surface area contributed by atoms with Crippen LogP contribution in [0.5, 0.6) is 0 Å². The third-order valence-electron chi connectivity index (χ3n) is 3.54. The van der Waals surface area contributed by atoms with Crippen molar-refractivity contribution in [3.8, 4) is 0 Å². The van der Waals surface area contributed by atoms with Gasteiger partial charge < -0.3 is 5.32 Å². The van der Waals surface area contributed by atoms with Crippen LogP contribution < -0.4 is 5.32 Å². The van der Waals surface area contributed by atoms with Crippen LogP contribution in [-0.2, 0) is 4.79 Å². The maximum atomic E-state index is 11.7. The lowest BCUT2D eigenvalue weighted by molar-refractivity contribution is -0.121. The van der Waals surface area contributed by atoms with E-state index >= 15 is 0 Å². The molecule has 0 aliphatic heterocycles. The topological polar surface area (TPSA) is 42.0 Å². The Morgan fingerprint density at radius 2 is 1.86 bits per heavy atom. The molecule has 3 nitrogen and oxygen atoms in total. The van der Waals surface area contributed by atoms with Crippen LogP contribution in [-0.4, -0.2) is 23.2 Å². The smallest absolute Gasteiger partial charge is 0.219 e. The number of pyridine rings is 1. The maximum Gasteiger partial charge on any atom is 0.219 e. The minimum absolute atomic E-state index is 0.205. The Labute approximate surface area is 139 Å². The van der Waals surface area contributed by atoms with Gasteiger partial charge in [-0.3, -0.25) is 4.79 Å². The molecule has 1 heterocycles. The minimum atomic E-state index is 0.205.